The van der Waals surface area contributed by atoms with Gasteiger partial charge in [-0.2, -0.15) is 0 Å². The molecule has 2 aliphatic rings. The monoisotopic (exact) mass is 382 g/mol. The topological polar surface area (TPSA) is 81.4 Å². The molecule has 0 bridgehead atoms. The highest BCUT2D eigenvalue weighted by Crippen LogP contribution is 2.32. The number of aromatic nitrogens is 2. The number of rotatable bonds is 5. The predicted molar refractivity (Wildman–Crippen MR) is 105 cm³/mol. The summed E-state index contributed by atoms with van der Waals surface area (Å²) in [5.74, 6) is 2.12. The van der Waals surface area contributed by atoms with Gasteiger partial charge in [0.25, 0.3) is 5.69 Å². The molecule has 28 heavy (non-hydrogen) atoms. The third-order valence-electron chi connectivity index (χ3n) is 5.88. The standard InChI is InChI=1S/C21H26N4O3/c1-28-20-11-18(25(26)27)8-7-16(20)13-24-10-9-19-17(14-24)12-22-21(23-19)15-5-3-2-4-6-15/h7-8,11-12,15H,2-6,9-10,13-14H2,1H3. The van der Waals surface area contributed by atoms with Gasteiger partial charge in [0, 0.05) is 61.1 Å². The summed E-state index contributed by atoms with van der Waals surface area (Å²) in [5.41, 5.74) is 3.37. The summed E-state index contributed by atoms with van der Waals surface area (Å²) < 4.78 is 5.37. The van der Waals surface area contributed by atoms with Gasteiger partial charge in [-0.1, -0.05) is 19.3 Å². The van der Waals surface area contributed by atoms with Crippen LogP contribution in [0.25, 0.3) is 0 Å². The van der Waals surface area contributed by atoms with Crippen molar-refractivity contribution < 1.29 is 9.66 Å². The van der Waals surface area contributed by atoms with Gasteiger partial charge < -0.3 is 4.74 Å². The van der Waals surface area contributed by atoms with Gasteiger partial charge in [-0.05, 0) is 18.9 Å². The molecule has 0 atom stereocenters. The van der Waals surface area contributed by atoms with Gasteiger partial charge >= 0.3 is 0 Å². The Labute approximate surface area is 164 Å². The second kappa shape index (κ2) is 8.22. The molecule has 1 aromatic heterocycles. The number of methoxy groups -OCH3 is 1. The SMILES string of the molecule is COc1cc([N+](=O)[O-])ccc1CN1CCc2nc(C3CCCCC3)ncc2C1. The molecule has 0 spiro atoms. The summed E-state index contributed by atoms with van der Waals surface area (Å²) in [6.45, 7) is 2.39. The number of hydrogen-bond donors (Lipinski definition) is 0. The normalized spacial score (nSPS) is 17.9. The number of nitro groups is 1. The number of non-ortho nitro benzene ring substituents is 1. The van der Waals surface area contributed by atoms with Gasteiger partial charge in [-0.3, -0.25) is 15.0 Å². The van der Waals surface area contributed by atoms with E-state index in [9.17, 15) is 10.1 Å². The van der Waals surface area contributed by atoms with E-state index in [4.69, 9.17) is 9.72 Å². The highest BCUT2D eigenvalue weighted by molar-refractivity contribution is 5.44. The zero-order chi connectivity index (χ0) is 19.5. The Morgan fingerprint density at radius 2 is 2.11 bits per heavy atom. The van der Waals surface area contributed by atoms with Crippen molar-refractivity contribution in [3.05, 3.63) is 57.2 Å². The van der Waals surface area contributed by atoms with Crippen molar-refractivity contribution in [1.29, 1.82) is 0 Å². The van der Waals surface area contributed by atoms with E-state index in [-0.39, 0.29) is 5.69 Å². The first-order valence-electron chi connectivity index (χ1n) is 10.0. The molecule has 7 heteroatoms. The Morgan fingerprint density at radius 3 is 2.86 bits per heavy atom. The lowest BCUT2D eigenvalue weighted by atomic mass is 9.88. The van der Waals surface area contributed by atoms with Crippen molar-refractivity contribution in [2.45, 2.75) is 57.5 Å². The van der Waals surface area contributed by atoms with Gasteiger partial charge in [0.05, 0.1) is 18.1 Å². The van der Waals surface area contributed by atoms with E-state index in [1.807, 2.05) is 6.20 Å². The molecule has 148 valence electrons. The first-order chi connectivity index (χ1) is 13.6. The van der Waals surface area contributed by atoms with Gasteiger partial charge in [0.2, 0.25) is 0 Å². The van der Waals surface area contributed by atoms with E-state index in [1.165, 1.54) is 55.5 Å². The predicted octanol–water partition coefficient (Wildman–Crippen LogP) is 4.00. The first kappa shape index (κ1) is 18.8. The molecule has 1 aliphatic heterocycles. The average molecular weight is 382 g/mol. The van der Waals surface area contributed by atoms with Crippen LogP contribution in [-0.4, -0.2) is 33.4 Å². The summed E-state index contributed by atoms with van der Waals surface area (Å²) in [7, 11) is 1.55. The maximum absolute atomic E-state index is 11.0. The molecule has 2 aromatic rings. The van der Waals surface area contributed by atoms with Gasteiger partial charge in [-0.25, -0.2) is 9.97 Å². The van der Waals surface area contributed by atoms with E-state index < -0.39 is 4.92 Å². The molecule has 0 radical (unpaired) electrons. The molecule has 1 aromatic carbocycles. The lowest BCUT2D eigenvalue weighted by molar-refractivity contribution is -0.384. The second-order valence-electron chi connectivity index (χ2n) is 7.75. The zero-order valence-corrected chi connectivity index (χ0v) is 16.3. The second-order valence-corrected chi connectivity index (χ2v) is 7.75. The molecule has 1 saturated carbocycles. The summed E-state index contributed by atoms with van der Waals surface area (Å²) >= 11 is 0. The molecule has 0 N–H and O–H groups in total. The van der Waals surface area contributed by atoms with Crippen molar-refractivity contribution in [3.63, 3.8) is 0 Å². The van der Waals surface area contributed by atoms with Gasteiger partial charge in [0.1, 0.15) is 11.6 Å². The van der Waals surface area contributed by atoms with Crippen LogP contribution in [0.3, 0.4) is 0 Å². The van der Waals surface area contributed by atoms with E-state index in [0.29, 0.717) is 18.2 Å². The molecule has 0 saturated heterocycles. The summed E-state index contributed by atoms with van der Waals surface area (Å²) in [4.78, 5) is 22.5. The minimum Gasteiger partial charge on any atom is -0.496 e. The molecule has 1 fully saturated rings. The van der Waals surface area contributed by atoms with Crippen molar-refractivity contribution in [1.82, 2.24) is 14.9 Å². The smallest absolute Gasteiger partial charge is 0.273 e. The van der Waals surface area contributed by atoms with Gasteiger partial charge in [0.15, 0.2) is 0 Å². The Balaban J connectivity index is 1.46. The molecular formula is C21H26N4O3. The van der Waals surface area contributed by atoms with Gasteiger partial charge in [-0.15, -0.1) is 0 Å². The molecule has 7 nitrogen and oxygen atoms in total. The van der Waals surface area contributed by atoms with E-state index in [0.717, 1.165) is 30.9 Å². The van der Waals surface area contributed by atoms with E-state index in [2.05, 4.69) is 9.88 Å². The molecule has 1 aliphatic carbocycles. The zero-order valence-electron chi connectivity index (χ0n) is 16.3. The lowest BCUT2D eigenvalue weighted by Crippen LogP contribution is -2.31. The highest BCUT2D eigenvalue weighted by atomic mass is 16.6. The van der Waals surface area contributed by atoms with E-state index >= 15 is 0 Å². The fraction of sp³-hybridized carbons (Fsp3) is 0.524. The van der Waals surface area contributed by atoms with Crippen LogP contribution in [0, 0.1) is 10.1 Å². The summed E-state index contributed by atoms with van der Waals surface area (Å²) in [5, 5.41) is 11.0. The van der Waals surface area contributed by atoms with Crippen molar-refractivity contribution in [3.8, 4) is 5.75 Å². The quantitative estimate of drug-likeness (QED) is 0.574. The fourth-order valence-electron chi connectivity index (χ4n) is 4.30. The average Bonchev–Trinajstić information content (AvgIpc) is 2.74. The maximum atomic E-state index is 11.0. The van der Waals surface area contributed by atoms with Crippen LogP contribution in [0.4, 0.5) is 5.69 Å². The third-order valence-corrected chi connectivity index (χ3v) is 5.88. The Hall–Kier alpha value is -2.54. The number of ether oxygens (including phenoxy) is 1. The number of nitrogens with zero attached hydrogens (tertiary/aromatic N) is 4. The van der Waals surface area contributed by atoms with Crippen LogP contribution in [0.1, 0.15) is 60.7 Å². The Bertz CT molecular complexity index is 865. The van der Waals surface area contributed by atoms with Crippen LogP contribution in [-0.2, 0) is 19.5 Å². The molecule has 0 unspecified atom stereocenters. The fourth-order valence-corrected chi connectivity index (χ4v) is 4.30. The summed E-state index contributed by atoms with van der Waals surface area (Å²) in [6, 6.07) is 4.82. The number of hydrogen-bond acceptors (Lipinski definition) is 6. The number of nitro benzene ring substituents is 1. The Morgan fingerprint density at radius 1 is 1.29 bits per heavy atom. The lowest BCUT2D eigenvalue weighted by Gasteiger charge is -2.29. The van der Waals surface area contributed by atoms with Crippen LogP contribution >= 0.6 is 0 Å². The minimum atomic E-state index is -0.398. The molecule has 0 amide bonds. The Kier molecular flexibility index (Phi) is 5.52. The third kappa shape index (κ3) is 3.99. The van der Waals surface area contributed by atoms with Crippen molar-refractivity contribution in [2.24, 2.45) is 0 Å². The largest absolute Gasteiger partial charge is 0.496 e. The number of fused-ring (bicyclic) bond motifs is 1. The molecule has 2 heterocycles. The van der Waals surface area contributed by atoms with E-state index in [1.54, 1.807) is 13.2 Å². The molecule has 4 rings (SSSR count). The minimum absolute atomic E-state index is 0.0493. The van der Waals surface area contributed by atoms with Crippen LogP contribution < -0.4 is 4.74 Å². The summed E-state index contributed by atoms with van der Waals surface area (Å²) in [6.07, 6.45) is 9.25. The highest BCUT2D eigenvalue weighted by Gasteiger charge is 2.23. The van der Waals surface area contributed by atoms with Crippen LogP contribution in [0.2, 0.25) is 0 Å². The first-order valence-corrected chi connectivity index (χ1v) is 10.0. The van der Waals surface area contributed by atoms with Crippen LogP contribution in [0.5, 0.6) is 5.75 Å². The molecular weight excluding hydrogens is 356 g/mol. The van der Waals surface area contributed by atoms with Crippen molar-refractivity contribution in [2.75, 3.05) is 13.7 Å². The van der Waals surface area contributed by atoms with Crippen molar-refractivity contribution >= 4 is 5.69 Å². The number of benzene rings is 1. The van der Waals surface area contributed by atoms with Crippen LogP contribution in [0.15, 0.2) is 24.4 Å². The maximum Gasteiger partial charge on any atom is 0.273 e.